The molecule has 0 spiro atoms. The Balaban J connectivity index is 1.51. The van der Waals surface area contributed by atoms with E-state index in [9.17, 15) is 4.79 Å². The molecule has 0 saturated heterocycles. The van der Waals surface area contributed by atoms with Crippen molar-refractivity contribution in [1.82, 2.24) is 5.32 Å². The topological polar surface area (TPSA) is 38.3 Å². The monoisotopic (exact) mass is 419 g/mol. The molecular weight excluding hydrogens is 390 g/mol. The van der Waals surface area contributed by atoms with Crippen LogP contribution in [-0.2, 0) is 0 Å². The lowest BCUT2D eigenvalue weighted by Crippen LogP contribution is -2.27. The molecule has 1 N–H and O–H groups in total. The van der Waals surface area contributed by atoms with Crippen LogP contribution in [0.3, 0.4) is 0 Å². The van der Waals surface area contributed by atoms with Crippen LogP contribution < -0.4 is 10.1 Å². The maximum atomic E-state index is 12.7. The number of ether oxygens (including phenoxy) is 1. The zero-order chi connectivity index (χ0) is 21.5. The van der Waals surface area contributed by atoms with Crippen LogP contribution in [0, 0.1) is 20.8 Å². The van der Waals surface area contributed by atoms with Gasteiger partial charge in [0, 0.05) is 16.2 Å². The van der Waals surface area contributed by atoms with Gasteiger partial charge in [0.25, 0.3) is 5.91 Å². The Morgan fingerprint density at radius 3 is 2.30 bits per heavy atom. The number of hydrogen-bond donors (Lipinski definition) is 1. The van der Waals surface area contributed by atoms with Gasteiger partial charge in [-0.2, -0.15) is 0 Å². The summed E-state index contributed by atoms with van der Waals surface area (Å²) in [7, 11) is 0. The van der Waals surface area contributed by atoms with Crippen molar-refractivity contribution >= 4 is 17.7 Å². The highest BCUT2D eigenvalue weighted by Gasteiger charge is 2.14. The second kappa shape index (κ2) is 10.4. The van der Waals surface area contributed by atoms with E-state index in [1.807, 2.05) is 49.4 Å². The number of nitrogens with one attached hydrogen (secondary N) is 1. The number of rotatable bonds is 8. The van der Waals surface area contributed by atoms with Gasteiger partial charge >= 0.3 is 0 Å². The molecule has 0 aliphatic heterocycles. The molecule has 0 radical (unpaired) electrons. The Morgan fingerprint density at radius 2 is 1.60 bits per heavy atom. The van der Waals surface area contributed by atoms with Crippen molar-refractivity contribution in [1.29, 1.82) is 0 Å². The predicted octanol–water partition coefficient (Wildman–Crippen LogP) is 6.27. The lowest BCUT2D eigenvalue weighted by molar-refractivity contribution is 0.0940. The largest absolute Gasteiger partial charge is 0.493 e. The van der Waals surface area contributed by atoms with Crippen molar-refractivity contribution in [3.8, 4) is 5.75 Å². The summed E-state index contributed by atoms with van der Waals surface area (Å²) in [5.41, 5.74) is 5.50. The molecule has 0 heterocycles. The predicted molar refractivity (Wildman–Crippen MR) is 126 cm³/mol. The second-order valence-electron chi connectivity index (χ2n) is 7.52. The van der Waals surface area contributed by atoms with Crippen molar-refractivity contribution < 1.29 is 9.53 Å². The van der Waals surface area contributed by atoms with E-state index < -0.39 is 0 Å². The fourth-order valence-electron chi connectivity index (χ4n) is 3.35. The van der Waals surface area contributed by atoms with Crippen LogP contribution in [0.25, 0.3) is 0 Å². The highest BCUT2D eigenvalue weighted by Crippen LogP contribution is 2.22. The first-order chi connectivity index (χ1) is 14.4. The maximum absolute atomic E-state index is 12.7. The summed E-state index contributed by atoms with van der Waals surface area (Å²) >= 11 is 1.77. The van der Waals surface area contributed by atoms with Gasteiger partial charge in [-0.15, -0.1) is 11.8 Å². The van der Waals surface area contributed by atoms with E-state index >= 15 is 0 Å². The van der Waals surface area contributed by atoms with E-state index in [0.717, 1.165) is 17.1 Å². The molecule has 1 atom stereocenters. The van der Waals surface area contributed by atoms with Gasteiger partial charge in [-0.3, -0.25) is 4.79 Å². The van der Waals surface area contributed by atoms with Crippen LogP contribution in [0.1, 0.15) is 45.6 Å². The maximum Gasteiger partial charge on any atom is 0.251 e. The summed E-state index contributed by atoms with van der Waals surface area (Å²) in [5.74, 6) is 1.57. The molecule has 0 aromatic heterocycles. The highest BCUT2D eigenvalue weighted by molar-refractivity contribution is 7.99. The van der Waals surface area contributed by atoms with E-state index in [2.05, 4.69) is 50.4 Å². The molecule has 3 aromatic rings. The normalized spacial score (nSPS) is 11.7. The van der Waals surface area contributed by atoms with Gasteiger partial charge in [-0.25, -0.2) is 0 Å². The second-order valence-corrected chi connectivity index (χ2v) is 8.69. The zero-order valence-electron chi connectivity index (χ0n) is 18.1. The van der Waals surface area contributed by atoms with Crippen LogP contribution in [0.2, 0.25) is 0 Å². The Labute approximate surface area is 183 Å². The van der Waals surface area contributed by atoms with Crippen LogP contribution in [0.4, 0.5) is 0 Å². The van der Waals surface area contributed by atoms with Crippen molar-refractivity contribution in [2.75, 3.05) is 12.4 Å². The molecule has 3 rings (SSSR count). The Kier molecular flexibility index (Phi) is 7.58. The molecule has 1 unspecified atom stereocenters. The standard InChI is InChI=1S/C26H29NO2S/c1-18-16-20(3)25(17-19(18)2)21(4)27-26(28)22-10-12-23(13-11-22)29-14-15-30-24-8-6-5-7-9-24/h5-13,16-17,21H,14-15H2,1-4H3,(H,27,28). The third kappa shape index (κ3) is 5.90. The minimum absolute atomic E-state index is 0.0530. The molecule has 156 valence electrons. The minimum atomic E-state index is -0.0775. The first kappa shape index (κ1) is 22.0. The van der Waals surface area contributed by atoms with Gasteiger partial charge in [0.2, 0.25) is 0 Å². The van der Waals surface area contributed by atoms with Crippen molar-refractivity contribution in [2.45, 2.75) is 38.6 Å². The number of carbonyl (C=O) groups is 1. The van der Waals surface area contributed by atoms with Gasteiger partial charge in [0.15, 0.2) is 0 Å². The molecule has 0 saturated carbocycles. The summed E-state index contributed by atoms with van der Waals surface area (Å²) in [6, 6.07) is 21.9. The molecule has 0 bridgehead atoms. The van der Waals surface area contributed by atoms with Crippen molar-refractivity contribution in [2.24, 2.45) is 0 Å². The van der Waals surface area contributed by atoms with Gasteiger partial charge in [0.1, 0.15) is 5.75 Å². The lowest BCUT2D eigenvalue weighted by atomic mass is 9.96. The van der Waals surface area contributed by atoms with E-state index in [1.165, 1.54) is 21.6 Å². The summed E-state index contributed by atoms with van der Waals surface area (Å²) in [4.78, 5) is 13.9. The van der Waals surface area contributed by atoms with Crippen LogP contribution in [0.5, 0.6) is 5.75 Å². The van der Waals surface area contributed by atoms with Crippen molar-refractivity contribution in [3.63, 3.8) is 0 Å². The first-order valence-electron chi connectivity index (χ1n) is 10.2. The van der Waals surface area contributed by atoms with Gasteiger partial charge in [0.05, 0.1) is 12.6 Å². The average molecular weight is 420 g/mol. The number of hydrogen-bond acceptors (Lipinski definition) is 3. The SMILES string of the molecule is Cc1cc(C)c(C(C)NC(=O)c2ccc(OCCSc3ccccc3)cc2)cc1C. The quantitative estimate of drug-likeness (QED) is 0.345. The van der Waals surface area contributed by atoms with Crippen LogP contribution >= 0.6 is 11.8 Å². The average Bonchev–Trinajstić information content (AvgIpc) is 2.75. The number of benzene rings is 3. The molecule has 3 nitrogen and oxygen atoms in total. The molecule has 3 aromatic carbocycles. The van der Waals surface area contributed by atoms with Gasteiger partial charge in [-0.05, 0) is 86.3 Å². The summed E-state index contributed by atoms with van der Waals surface area (Å²) in [6.07, 6.45) is 0. The number of aryl methyl sites for hydroxylation is 3. The highest BCUT2D eigenvalue weighted by atomic mass is 32.2. The van der Waals surface area contributed by atoms with E-state index in [1.54, 1.807) is 11.8 Å². The van der Waals surface area contributed by atoms with Gasteiger partial charge < -0.3 is 10.1 Å². The molecule has 1 amide bonds. The van der Waals surface area contributed by atoms with E-state index in [-0.39, 0.29) is 11.9 Å². The van der Waals surface area contributed by atoms with Crippen LogP contribution in [-0.4, -0.2) is 18.3 Å². The van der Waals surface area contributed by atoms with E-state index in [4.69, 9.17) is 4.74 Å². The fraction of sp³-hybridized carbons (Fsp3) is 0.269. The molecule has 4 heteroatoms. The Morgan fingerprint density at radius 1 is 0.933 bits per heavy atom. The lowest BCUT2D eigenvalue weighted by Gasteiger charge is -2.18. The summed E-state index contributed by atoms with van der Waals surface area (Å²) < 4.78 is 5.80. The smallest absolute Gasteiger partial charge is 0.251 e. The van der Waals surface area contributed by atoms with Crippen molar-refractivity contribution in [3.05, 3.63) is 94.5 Å². The Bertz CT molecular complexity index is 984. The molecular formula is C26H29NO2S. The first-order valence-corrected chi connectivity index (χ1v) is 11.2. The van der Waals surface area contributed by atoms with Crippen LogP contribution in [0.15, 0.2) is 71.6 Å². The molecule has 0 fully saturated rings. The summed E-state index contributed by atoms with van der Waals surface area (Å²) in [5, 5.41) is 3.11. The number of carbonyl (C=O) groups excluding carboxylic acids is 1. The third-order valence-electron chi connectivity index (χ3n) is 5.18. The fourth-order valence-corrected chi connectivity index (χ4v) is 4.10. The minimum Gasteiger partial charge on any atom is -0.493 e. The number of thioether (sulfide) groups is 1. The van der Waals surface area contributed by atoms with E-state index in [0.29, 0.717) is 12.2 Å². The third-order valence-corrected chi connectivity index (χ3v) is 6.15. The zero-order valence-corrected chi connectivity index (χ0v) is 18.9. The molecule has 0 aliphatic carbocycles. The number of amides is 1. The van der Waals surface area contributed by atoms with Gasteiger partial charge in [-0.1, -0.05) is 30.3 Å². The summed E-state index contributed by atoms with van der Waals surface area (Å²) in [6.45, 7) is 8.95. The molecule has 0 aliphatic rings. The molecule has 30 heavy (non-hydrogen) atoms. The Hall–Kier alpha value is -2.72.